The Morgan fingerprint density at radius 2 is 2.20 bits per heavy atom. The molecule has 0 aromatic carbocycles. The Balaban J connectivity index is 2.08. The number of hydrogen-bond donors (Lipinski definition) is 1. The average Bonchev–Trinajstić information content (AvgIpc) is 2.77. The van der Waals surface area contributed by atoms with Crippen LogP contribution in [0.15, 0.2) is 12.3 Å². The molecule has 1 saturated carbocycles. The smallest absolute Gasteiger partial charge is 0.0984 e. The van der Waals surface area contributed by atoms with Crippen molar-refractivity contribution in [2.45, 2.75) is 51.7 Å². The summed E-state index contributed by atoms with van der Waals surface area (Å²) in [4.78, 5) is 0. The quantitative estimate of drug-likeness (QED) is 0.828. The molecule has 1 fully saturated rings. The summed E-state index contributed by atoms with van der Waals surface area (Å²) in [5.74, 6) is 0.445. The zero-order valence-electron chi connectivity index (χ0n) is 9.39. The van der Waals surface area contributed by atoms with Crippen molar-refractivity contribution >= 4 is 0 Å². The largest absolute Gasteiger partial charge is 0.387 e. The Kier molecular flexibility index (Phi) is 3.41. The predicted molar refractivity (Wildman–Crippen MR) is 59.4 cm³/mol. The fourth-order valence-electron chi connectivity index (χ4n) is 2.55. The highest BCUT2D eigenvalue weighted by molar-refractivity contribution is 5.06. The molecule has 1 heterocycles. The standard InChI is InChI=1S/C12H20N2O/c1-2-14-11(8-9-13-14)12(15)10-6-4-3-5-7-10/h8-10,12,15H,2-7H2,1H3. The number of nitrogens with zero attached hydrogens (tertiary/aromatic N) is 2. The van der Waals surface area contributed by atoms with Crippen molar-refractivity contribution in [3.8, 4) is 0 Å². The van der Waals surface area contributed by atoms with E-state index in [2.05, 4.69) is 12.0 Å². The van der Waals surface area contributed by atoms with Crippen molar-refractivity contribution in [1.82, 2.24) is 9.78 Å². The maximum absolute atomic E-state index is 10.3. The molecule has 0 aliphatic heterocycles. The summed E-state index contributed by atoms with van der Waals surface area (Å²) < 4.78 is 1.90. The number of hydrogen-bond acceptors (Lipinski definition) is 2. The van der Waals surface area contributed by atoms with Crippen LogP contribution in [-0.2, 0) is 6.54 Å². The molecule has 1 atom stereocenters. The number of aliphatic hydroxyl groups is 1. The Morgan fingerprint density at radius 3 is 2.87 bits per heavy atom. The number of aliphatic hydroxyl groups excluding tert-OH is 1. The highest BCUT2D eigenvalue weighted by Crippen LogP contribution is 2.34. The van der Waals surface area contributed by atoms with E-state index < -0.39 is 0 Å². The van der Waals surface area contributed by atoms with Crippen LogP contribution in [0.25, 0.3) is 0 Å². The lowest BCUT2D eigenvalue weighted by atomic mass is 9.84. The summed E-state index contributed by atoms with van der Waals surface area (Å²) in [5.41, 5.74) is 0.990. The Bertz CT molecular complexity index is 302. The van der Waals surface area contributed by atoms with Crippen LogP contribution in [0.3, 0.4) is 0 Å². The maximum Gasteiger partial charge on any atom is 0.0984 e. The van der Waals surface area contributed by atoms with Gasteiger partial charge in [-0.1, -0.05) is 19.3 Å². The number of aryl methyl sites for hydroxylation is 1. The molecule has 1 aromatic heterocycles. The molecule has 0 spiro atoms. The predicted octanol–water partition coefficient (Wildman–Crippen LogP) is 2.52. The molecule has 1 aliphatic rings. The summed E-state index contributed by atoms with van der Waals surface area (Å²) in [6.07, 6.45) is 7.66. The first-order valence-corrected chi connectivity index (χ1v) is 6.02. The van der Waals surface area contributed by atoms with Crippen LogP contribution in [0.5, 0.6) is 0 Å². The van der Waals surface area contributed by atoms with E-state index in [0.717, 1.165) is 25.1 Å². The fourth-order valence-corrected chi connectivity index (χ4v) is 2.55. The van der Waals surface area contributed by atoms with Gasteiger partial charge >= 0.3 is 0 Å². The number of aromatic nitrogens is 2. The fraction of sp³-hybridized carbons (Fsp3) is 0.750. The van der Waals surface area contributed by atoms with Crippen LogP contribution >= 0.6 is 0 Å². The normalized spacial score (nSPS) is 20.4. The molecular formula is C12H20N2O. The van der Waals surface area contributed by atoms with E-state index in [9.17, 15) is 5.11 Å². The van der Waals surface area contributed by atoms with E-state index in [1.165, 1.54) is 19.3 Å². The van der Waals surface area contributed by atoms with E-state index in [4.69, 9.17) is 0 Å². The molecule has 3 heteroatoms. The van der Waals surface area contributed by atoms with Gasteiger partial charge < -0.3 is 5.11 Å². The minimum atomic E-state index is -0.312. The molecule has 0 bridgehead atoms. The second-order valence-electron chi connectivity index (χ2n) is 4.41. The molecule has 84 valence electrons. The van der Waals surface area contributed by atoms with Gasteiger partial charge in [0, 0.05) is 12.7 Å². The monoisotopic (exact) mass is 208 g/mol. The van der Waals surface area contributed by atoms with Crippen molar-refractivity contribution in [2.24, 2.45) is 5.92 Å². The summed E-state index contributed by atoms with van der Waals surface area (Å²) >= 11 is 0. The maximum atomic E-state index is 10.3. The molecule has 1 aliphatic carbocycles. The third-order valence-electron chi connectivity index (χ3n) is 3.45. The summed E-state index contributed by atoms with van der Waals surface area (Å²) in [6.45, 7) is 2.90. The van der Waals surface area contributed by atoms with E-state index in [0.29, 0.717) is 5.92 Å². The summed E-state index contributed by atoms with van der Waals surface area (Å²) in [6, 6.07) is 1.95. The molecule has 15 heavy (non-hydrogen) atoms. The second-order valence-corrected chi connectivity index (χ2v) is 4.41. The first-order valence-electron chi connectivity index (χ1n) is 6.02. The highest BCUT2D eigenvalue weighted by atomic mass is 16.3. The van der Waals surface area contributed by atoms with Gasteiger partial charge in [0.2, 0.25) is 0 Å². The Hall–Kier alpha value is -0.830. The average molecular weight is 208 g/mol. The van der Waals surface area contributed by atoms with Crippen LogP contribution in [0.4, 0.5) is 0 Å². The molecule has 2 rings (SSSR count). The van der Waals surface area contributed by atoms with Gasteiger partial charge in [-0.05, 0) is 31.7 Å². The minimum Gasteiger partial charge on any atom is -0.387 e. The topological polar surface area (TPSA) is 38.0 Å². The second kappa shape index (κ2) is 4.79. The zero-order valence-corrected chi connectivity index (χ0v) is 9.39. The van der Waals surface area contributed by atoms with E-state index in [-0.39, 0.29) is 6.10 Å². The van der Waals surface area contributed by atoms with Crippen molar-refractivity contribution in [2.75, 3.05) is 0 Å². The summed E-state index contributed by atoms with van der Waals surface area (Å²) in [7, 11) is 0. The van der Waals surface area contributed by atoms with Gasteiger partial charge in [0.25, 0.3) is 0 Å². The number of rotatable bonds is 3. The van der Waals surface area contributed by atoms with Crippen LogP contribution in [0.2, 0.25) is 0 Å². The third kappa shape index (κ3) is 2.23. The first kappa shape index (κ1) is 10.7. The van der Waals surface area contributed by atoms with Crippen LogP contribution in [-0.4, -0.2) is 14.9 Å². The lowest BCUT2D eigenvalue weighted by molar-refractivity contribution is 0.0769. The summed E-state index contributed by atoms with van der Waals surface area (Å²) in [5, 5.41) is 14.5. The van der Waals surface area contributed by atoms with Crippen molar-refractivity contribution in [1.29, 1.82) is 0 Å². The van der Waals surface area contributed by atoms with Crippen LogP contribution in [0.1, 0.15) is 50.8 Å². The van der Waals surface area contributed by atoms with Crippen molar-refractivity contribution in [3.63, 3.8) is 0 Å². The SMILES string of the molecule is CCn1nccc1C(O)C1CCCCC1. The van der Waals surface area contributed by atoms with Gasteiger partial charge in [0.15, 0.2) is 0 Å². The Labute approximate surface area is 91.1 Å². The Morgan fingerprint density at radius 1 is 1.47 bits per heavy atom. The highest BCUT2D eigenvalue weighted by Gasteiger charge is 2.25. The third-order valence-corrected chi connectivity index (χ3v) is 3.45. The van der Waals surface area contributed by atoms with Crippen LogP contribution < -0.4 is 0 Å². The molecular weight excluding hydrogens is 188 g/mol. The lowest BCUT2D eigenvalue weighted by Crippen LogP contribution is -2.19. The minimum absolute atomic E-state index is 0.312. The van der Waals surface area contributed by atoms with Crippen molar-refractivity contribution in [3.05, 3.63) is 18.0 Å². The van der Waals surface area contributed by atoms with Crippen LogP contribution in [0, 0.1) is 5.92 Å². The van der Waals surface area contributed by atoms with Crippen molar-refractivity contribution < 1.29 is 5.11 Å². The lowest BCUT2D eigenvalue weighted by Gasteiger charge is -2.26. The van der Waals surface area contributed by atoms with E-state index in [1.807, 2.05) is 10.7 Å². The zero-order chi connectivity index (χ0) is 10.7. The van der Waals surface area contributed by atoms with E-state index in [1.54, 1.807) is 6.20 Å². The van der Waals surface area contributed by atoms with Gasteiger partial charge in [-0.2, -0.15) is 5.10 Å². The molecule has 0 radical (unpaired) electrons. The molecule has 1 aromatic rings. The molecule has 1 unspecified atom stereocenters. The van der Waals surface area contributed by atoms with Gasteiger partial charge in [-0.25, -0.2) is 0 Å². The molecule has 0 saturated heterocycles. The van der Waals surface area contributed by atoms with Gasteiger partial charge in [-0.3, -0.25) is 4.68 Å². The van der Waals surface area contributed by atoms with Gasteiger partial charge in [0.05, 0.1) is 11.8 Å². The van der Waals surface area contributed by atoms with E-state index >= 15 is 0 Å². The van der Waals surface area contributed by atoms with Gasteiger partial charge in [-0.15, -0.1) is 0 Å². The van der Waals surface area contributed by atoms with Gasteiger partial charge in [0.1, 0.15) is 0 Å². The first-order chi connectivity index (χ1) is 7.33. The molecule has 0 amide bonds. The molecule has 3 nitrogen and oxygen atoms in total. The molecule has 1 N–H and O–H groups in total.